The van der Waals surface area contributed by atoms with Crippen molar-refractivity contribution in [2.24, 2.45) is 0 Å². The van der Waals surface area contributed by atoms with Gasteiger partial charge in [-0.1, -0.05) is 6.07 Å². The number of aliphatic hydroxyl groups is 1. The molecule has 0 aliphatic heterocycles. The van der Waals surface area contributed by atoms with Crippen LogP contribution in [0.4, 0.5) is 5.69 Å². The molecule has 0 radical (unpaired) electrons. The van der Waals surface area contributed by atoms with Crippen LogP contribution in [0, 0.1) is 10.1 Å². The topological polar surface area (TPSA) is 72.6 Å². The van der Waals surface area contributed by atoms with Crippen molar-refractivity contribution in [1.82, 2.24) is 0 Å². The second kappa shape index (κ2) is 4.92. The van der Waals surface area contributed by atoms with E-state index < -0.39 is 4.92 Å². The summed E-state index contributed by atoms with van der Waals surface area (Å²) < 4.78 is 5.37. The van der Waals surface area contributed by atoms with Gasteiger partial charge in [0.05, 0.1) is 11.5 Å². The number of hydrogen-bond acceptors (Lipinski definition) is 4. The van der Waals surface area contributed by atoms with Gasteiger partial charge in [-0.25, -0.2) is 0 Å². The maximum absolute atomic E-state index is 10.5. The largest absolute Gasteiger partial charge is 0.490 e. The molecule has 6 heteroatoms. The van der Waals surface area contributed by atoms with Gasteiger partial charge in [0.25, 0.3) is 5.69 Å². The predicted molar refractivity (Wildman–Crippen MR) is 53.4 cm³/mol. The summed E-state index contributed by atoms with van der Waals surface area (Å²) in [6, 6.07) is 4.48. The van der Waals surface area contributed by atoms with Gasteiger partial charge >= 0.3 is 0 Å². The zero-order valence-electron chi connectivity index (χ0n) is 7.14. The Morgan fingerprint density at radius 1 is 1.57 bits per heavy atom. The van der Waals surface area contributed by atoms with E-state index in [-0.39, 0.29) is 18.9 Å². The monoisotopic (exact) mass is 261 g/mol. The highest BCUT2D eigenvalue weighted by Crippen LogP contribution is 2.33. The average Bonchev–Trinajstić information content (AvgIpc) is 2.16. The molecule has 0 fully saturated rings. The Bertz CT molecular complexity index is 342. The second-order valence-corrected chi connectivity index (χ2v) is 3.21. The van der Waals surface area contributed by atoms with Crippen molar-refractivity contribution in [3.05, 3.63) is 32.8 Å². The van der Waals surface area contributed by atoms with Crippen molar-refractivity contribution in [1.29, 1.82) is 0 Å². The van der Waals surface area contributed by atoms with Gasteiger partial charge in [0, 0.05) is 6.07 Å². The summed E-state index contributed by atoms with van der Waals surface area (Å²) >= 11 is 3.06. The van der Waals surface area contributed by atoms with Gasteiger partial charge in [0.1, 0.15) is 16.8 Å². The smallest absolute Gasteiger partial charge is 0.287 e. The van der Waals surface area contributed by atoms with Crippen LogP contribution in [0.25, 0.3) is 0 Å². The van der Waals surface area contributed by atoms with Gasteiger partial charge in [-0.3, -0.25) is 10.1 Å². The molecule has 76 valence electrons. The summed E-state index contributed by atoms with van der Waals surface area (Å²) in [5, 5.41) is 19.0. The van der Waals surface area contributed by atoms with Crippen molar-refractivity contribution in [2.75, 3.05) is 13.2 Å². The van der Waals surface area contributed by atoms with Crippen molar-refractivity contribution in [2.45, 2.75) is 0 Å². The van der Waals surface area contributed by atoms with E-state index in [1.807, 2.05) is 0 Å². The van der Waals surface area contributed by atoms with Crippen LogP contribution >= 0.6 is 15.9 Å². The quantitative estimate of drug-likeness (QED) is 0.662. The Morgan fingerprint density at radius 2 is 2.29 bits per heavy atom. The molecule has 0 unspecified atom stereocenters. The number of benzene rings is 1. The highest BCUT2D eigenvalue weighted by Gasteiger charge is 2.15. The fourth-order valence-corrected chi connectivity index (χ4v) is 1.43. The van der Waals surface area contributed by atoms with Gasteiger partial charge in [-0.05, 0) is 22.0 Å². The zero-order chi connectivity index (χ0) is 10.6. The molecular formula is C8H8BrNO4. The lowest BCUT2D eigenvalue weighted by Crippen LogP contribution is -2.02. The molecule has 0 bridgehead atoms. The van der Waals surface area contributed by atoms with Crippen LogP contribution in [0.2, 0.25) is 0 Å². The van der Waals surface area contributed by atoms with Crippen LogP contribution in [0.5, 0.6) is 5.75 Å². The molecular weight excluding hydrogens is 254 g/mol. The molecule has 1 rings (SSSR count). The number of halogens is 1. The predicted octanol–water partition coefficient (Wildman–Crippen LogP) is 1.73. The molecule has 0 aliphatic rings. The SMILES string of the molecule is O=[N+]([O-])c1cccc(OCCO)c1Br. The molecule has 0 amide bonds. The first-order valence-corrected chi connectivity index (χ1v) is 4.62. The number of nitro groups is 1. The summed E-state index contributed by atoms with van der Waals surface area (Å²) in [6.45, 7) is -0.0189. The van der Waals surface area contributed by atoms with Crippen LogP contribution in [0.3, 0.4) is 0 Å². The molecule has 1 aromatic rings. The Kier molecular flexibility index (Phi) is 3.84. The molecule has 0 saturated carbocycles. The summed E-state index contributed by atoms with van der Waals surface area (Å²) in [7, 11) is 0. The number of ether oxygens (including phenoxy) is 1. The lowest BCUT2D eigenvalue weighted by Gasteiger charge is -2.05. The Labute approximate surface area is 88.6 Å². The van der Waals surface area contributed by atoms with Gasteiger partial charge in [0.15, 0.2) is 0 Å². The molecule has 1 aromatic carbocycles. The Morgan fingerprint density at radius 3 is 2.86 bits per heavy atom. The molecule has 0 spiro atoms. The third-order valence-corrected chi connectivity index (χ3v) is 2.29. The van der Waals surface area contributed by atoms with E-state index in [0.29, 0.717) is 10.2 Å². The Balaban J connectivity index is 2.95. The van der Waals surface area contributed by atoms with E-state index >= 15 is 0 Å². The summed E-state index contributed by atoms with van der Waals surface area (Å²) in [5.74, 6) is 0.355. The lowest BCUT2D eigenvalue weighted by atomic mass is 10.3. The fraction of sp³-hybridized carbons (Fsp3) is 0.250. The Hall–Kier alpha value is -1.14. The summed E-state index contributed by atoms with van der Waals surface area (Å²) in [4.78, 5) is 10.0. The number of nitrogens with zero attached hydrogens (tertiary/aromatic N) is 1. The second-order valence-electron chi connectivity index (χ2n) is 2.42. The molecule has 0 heterocycles. The first kappa shape index (κ1) is 10.9. The van der Waals surface area contributed by atoms with Crippen molar-refractivity contribution in [3.8, 4) is 5.75 Å². The van der Waals surface area contributed by atoms with Crippen LogP contribution in [0.1, 0.15) is 0 Å². The number of rotatable bonds is 4. The molecule has 1 N–H and O–H groups in total. The van der Waals surface area contributed by atoms with Gasteiger partial charge in [-0.2, -0.15) is 0 Å². The maximum atomic E-state index is 10.5. The van der Waals surface area contributed by atoms with Crippen LogP contribution in [-0.4, -0.2) is 23.2 Å². The minimum atomic E-state index is -0.504. The first-order valence-electron chi connectivity index (χ1n) is 3.83. The number of hydrogen-bond donors (Lipinski definition) is 1. The third kappa shape index (κ3) is 2.43. The van der Waals surface area contributed by atoms with E-state index in [1.165, 1.54) is 12.1 Å². The fourth-order valence-electron chi connectivity index (χ4n) is 0.907. The number of nitro benzene ring substituents is 1. The van der Waals surface area contributed by atoms with E-state index in [0.717, 1.165) is 0 Å². The van der Waals surface area contributed by atoms with Crippen LogP contribution in [-0.2, 0) is 0 Å². The minimum absolute atomic E-state index is 0.0551. The van der Waals surface area contributed by atoms with E-state index in [1.54, 1.807) is 6.07 Å². The minimum Gasteiger partial charge on any atom is -0.490 e. The first-order chi connectivity index (χ1) is 6.66. The van der Waals surface area contributed by atoms with Gasteiger partial charge in [0.2, 0.25) is 0 Å². The van der Waals surface area contributed by atoms with Gasteiger partial charge in [-0.15, -0.1) is 0 Å². The molecule has 5 nitrogen and oxygen atoms in total. The molecule has 14 heavy (non-hydrogen) atoms. The maximum Gasteiger partial charge on any atom is 0.287 e. The van der Waals surface area contributed by atoms with Crippen molar-refractivity contribution < 1.29 is 14.8 Å². The number of aliphatic hydroxyl groups excluding tert-OH is 1. The van der Waals surface area contributed by atoms with Crippen molar-refractivity contribution >= 4 is 21.6 Å². The highest BCUT2D eigenvalue weighted by molar-refractivity contribution is 9.10. The molecule has 0 saturated heterocycles. The van der Waals surface area contributed by atoms with E-state index in [4.69, 9.17) is 9.84 Å². The normalized spacial score (nSPS) is 9.86. The average molecular weight is 262 g/mol. The standard InChI is InChI=1S/C8H8BrNO4/c9-8-6(10(12)13)2-1-3-7(8)14-5-4-11/h1-3,11H,4-5H2. The summed E-state index contributed by atoms with van der Waals surface area (Å²) in [6.07, 6.45) is 0. The van der Waals surface area contributed by atoms with E-state index in [2.05, 4.69) is 15.9 Å². The molecule has 0 atom stereocenters. The zero-order valence-corrected chi connectivity index (χ0v) is 8.73. The van der Waals surface area contributed by atoms with Crippen molar-refractivity contribution in [3.63, 3.8) is 0 Å². The van der Waals surface area contributed by atoms with Gasteiger partial charge < -0.3 is 9.84 Å². The third-order valence-electron chi connectivity index (χ3n) is 1.49. The highest BCUT2D eigenvalue weighted by atomic mass is 79.9. The molecule has 0 aliphatic carbocycles. The lowest BCUT2D eigenvalue weighted by molar-refractivity contribution is -0.385. The molecule has 0 aromatic heterocycles. The summed E-state index contributed by atoms with van der Waals surface area (Å²) in [5.41, 5.74) is -0.0551. The van der Waals surface area contributed by atoms with E-state index in [9.17, 15) is 10.1 Å². The van der Waals surface area contributed by atoms with Crippen LogP contribution in [0.15, 0.2) is 22.7 Å². The van der Waals surface area contributed by atoms with Crippen LogP contribution < -0.4 is 4.74 Å².